The molecule has 11 aromatic carbocycles. The number of benzene rings is 11. The van der Waals surface area contributed by atoms with Crippen molar-refractivity contribution < 1.29 is 0 Å². The van der Waals surface area contributed by atoms with Crippen LogP contribution in [0.5, 0.6) is 0 Å². The molecular weight excluding hydrogens is 847 g/mol. The maximum Gasteiger partial charge on any atom is 0.160 e. The first kappa shape index (κ1) is 40.2. The van der Waals surface area contributed by atoms with Crippen LogP contribution < -0.4 is 0 Å². The van der Waals surface area contributed by atoms with E-state index < -0.39 is 0 Å². The monoisotopic (exact) mass is 891 g/mol. The summed E-state index contributed by atoms with van der Waals surface area (Å²) in [6.07, 6.45) is 0. The molecule has 0 saturated heterocycles. The van der Waals surface area contributed by atoms with E-state index in [-0.39, 0.29) is 5.41 Å². The predicted molar refractivity (Wildman–Crippen MR) is 294 cm³/mol. The summed E-state index contributed by atoms with van der Waals surface area (Å²) in [6, 6.07) is 86.3. The Bertz CT molecular complexity index is 4220. The molecule has 0 amide bonds. The number of aromatic nitrogens is 3. The Balaban J connectivity index is 1.04. The number of para-hydroxylation sites is 1. The Hall–Kier alpha value is -8.92. The summed E-state index contributed by atoms with van der Waals surface area (Å²) in [4.78, 5) is 11.0. The fourth-order valence-corrected chi connectivity index (χ4v) is 11.5. The van der Waals surface area contributed by atoms with Crippen LogP contribution in [0.3, 0.4) is 0 Å². The fourth-order valence-electron chi connectivity index (χ4n) is 11.5. The van der Waals surface area contributed by atoms with Crippen molar-refractivity contribution in [3.05, 3.63) is 248 Å². The lowest BCUT2D eigenvalue weighted by Crippen LogP contribution is -2.14. The molecule has 0 unspecified atom stereocenters. The van der Waals surface area contributed by atoms with Crippen LogP contribution in [-0.4, -0.2) is 14.5 Å². The van der Waals surface area contributed by atoms with Crippen LogP contribution in [0, 0.1) is 0 Å². The minimum Gasteiger partial charge on any atom is -0.309 e. The third-order valence-corrected chi connectivity index (χ3v) is 15.0. The molecule has 0 saturated carbocycles. The van der Waals surface area contributed by atoms with Gasteiger partial charge in [-0.3, -0.25) is 0 Å². The summed E-state index contributed by atoms with van der Waals surface area (Å²) in [7, 11) is 0. The number of nitrogens with zero attached hydrogens (tertiary/aromatic N) is 3. The van der Waals surface area contributed by atoms with Gasteiger partial charge in [-0.25, -0.2) is 9.97 Å². The van der Waals surface area contributed by atoms with Crippen molar-refractivity contribution in [3.8, 4) is 73.0 Å². The van der Waals surface area contributed by atoms with Gasteiger partial charge in [-0.1, -0.05) is 202 Å². The van der Waals surface area contributed by atoms with E-state index in [4.69, 9.17) is 9.97 Å². The largest absolute Gasteiger partial charge is 0.309 e. The van der Waals surface area contributed by atoms with Crippen molar-refractivity contribution in [2.45, 2.75) is 19.3 Å². The van der Waals surface area contributed by atoms with Crippen molar-refractivity contribution >= 4 is 54.1 Å². The first-order valence-corrected chi connectivity index (χ1v) is 24.2. The van der Waals surface area contributed by atoms with Crippen LogP contribution >= 0.6 is 0 Å². The van der Waals surface area contributed by atoms with Gasteiger partial charge in [0, 0.05) is 38.6 Å². The minimum atomic E-state index is -0.149. The van der Waals surface area contributed by atoms with E-state index in [9.17, 15) is 0 Å². The molecule has 0 fully saturated rings. The van der Waals surface area contributed by atoms with Gasteiger partial charge in [0.05, 0.1) is 22.4 Å². The van der Waals surface area contributed by atoms with E-state index in [1.807, 2.05) is 0 Å². The Morgan fingerprint density at radius 1 is 0.300 bits per heavy atom. The highest BCUT2D eigenvalue weighted by Crippen LogP contribution is 2.50. The van der Waals surface area contributed by atoms with Crippen molar-refractivity contribution in [3.63, 3.8) is 0 Å². The van der Waals surface area contributed by atoms with Gasteiger partial charge in [-0.15, -0.1) is 0 Å². The van der Waals surface area contributed by atoms with E-state index in [0.29, 0.717) is 5.82 Å². The highest BCUT2D eigenvalue weighted by Gasteiger charge is 2.35. The first-order valence-electron chi connectivity index (χ1n) is 24.2. The summed E-state index contributed by atoms with van der Waals surface area (Å²) in [5.41, 5.74) is 17.8. The van der Waals surface area contributed by atoms with E-state index in [2.05, 4.69) is 255 Å². The molecule has 13 aromatic rings. The maximum absolute atomic E-state index is 5.56. The van der Waals surface area contributed by atoms with Crippen LogP contribution in [0.4, 0.5) is 0 Å². The number of hydrogen-bond donors (Lipinski definition) is 0. The zero-order chi connectivity index (χ0) is 46.5. The molecule has 0 radical (unpaired) electrons. The lowest BCUT2D eigenvalue weighted by Gasteiger charge is -2.22. The number of hydrogen-bond acceptors (Lipinski definition) is 2. The van der Waals surface area contributed by atoms with E-state index in [1.54, 1.807) is 0 Å². The summed E-state index contributed by atoms with van der Waals surface area (Å²) in [6.45, 7) is 4.68. The Morgan fingerprint density at radius 3 is 1.54 bits per heavy atom. The second-order valence-electron chi connectivity index (χ2n) is 19.3. The van der Waals surface area contributed by atoms with E-state index in [0.717, 1.165) is 55.9 Å². The molecule has 3 nitrogen and oxygen atoms in total. The fraction of sp³-hybridized carbons (Fsp3) is 0.0448. The summed E-state index contributed by atoms with van der Waals surface area (Å²) < 4.78 is 2.44. The zero-order valence-corrected chi connectivity index (χ0v) is 38.9. The second-order valence-corrected chi connectivity index (χ2v) is 19.3. The molecule has 328 valence electrons. The standard InChI is InChI=1S/C67H45N3/c1-67(2)60-27-15-13-25-55(60)56-33-31-46(39-61(56)67)63-41-62(43-19-7-4-8-20-43)68-66(69-63)48-35-47(44-29-32-54-52-23-10-9-21-50(52)51-22-11-12-24-53(51)59(54)38-44)36-49(37-48)70-64-28-16-14-26-57(64)58-34-30-45(40-65(58)70)42-17-5-3-6-18-42/h3-41H,1-2H3. The van der Waals surface area contributed by atoms with Gasteiger partial charge in [-0.05, 0) is 125 Å². The topological polar surface area (TPSA) is 30.7 Å². The summed E-state index contributed by atoms with van der Waals surface area (Å²) in [5, 5.41) is 9.92. The average molecular weight is 892 g/mol. The van der Waals surface area contributed by atoms with Gasteiger partial charge >= 0.3 is 0 Å². The molecular formula is C67H45N3. The van der Waals surface area contributed by atoms with Gasteiger partial charge < -0.3 is 4.57 Å². The van der Waals surface area contributed by atoms with Crippen LogP contribution in [0.25, 0.3) is 127 Å². The van der Waals surface area contributed by atoms with Crippen molar-refractivity contribution in [1.29, 1.82) is 0 Å². The van der Waals surface area contributed by atoms with Crippen molar-refractivity contribution in [2.24, 2.45) is 0 Å². The molecule has 0 N–H and O–H groups in total. The van der Waals surface area contributed by atoms with Gasteiger partial charge in [0.15, 0.2) is 5.82 Å². The highest BCUT2D eigenvalue weighted by molar-refractivity contribution is 6.25. The molecule has 14 rings (SSSR count). The molecule has 0 bridgehead atoms. The van der Waals surface area contributed by atoms with Crippen molar-refractivity contribution in [2.75, 3.05) is 0 Å². The molecule has 1 aliphatic carbocycles. The molecule has 70 heavy (non-hydrogen) atoms. The molecule has 0 spiro atoms. The third kappa shape index (κ3) is 6.28. The van der Waals surface area contributed by atoms with E-state index >= 15 is 0 Å². The SMILES string of the molecule is CC1(C)c2ccccc2-c2ccc(-c3cc(-c4ccccc4)nc(-c4cc(-c5ccc6c7ccccc7c7ccccc7c6c5)cc(-n5c6ccccc6c6ccc(-c7ccccc7)cc65)c4)n3)cc21. The van der Waals surface area contributed by atoms with Crippen LogP contribution in [0.1, 0.15) is 25.0 Å². The summed E-state index contributed by atoms with van der Waals surface area (Å²) in [5.74, 6) is 0.672. The first-order chi connectivity index (χ1) is 34.4. The van der Waals surface area contributed by atoms with Gasteiger partial charge in [0.25, 0.3) is 0 Å². The van der Waals surface area contributed by atoms with Crippen LogP contribution in [0.2, 0.25) is 0 Å². The lowest BCUT2D eigenvalue weighted by atomic mass is 9.82. The molecule has 3 heteroatoms. The number of fused-ring (bicyclic) bond motifs is 12. The second kappa shape index (κ2) is 15.6. The highest BCUT2D eigenvalue weighted by atomic mass is 15.0. The molecule has 2 aromatic heterocycles. The van der Waals surface area contributed by atoms with Gasteiger partial charge in [0.2, 0.25) is 0 Å². The van der Waals surface area contributed by atoms with Crippen molar-refractivity contribution in [1.82, 2.24) is 14.5 Å². The number of rotatable bonds is 6. The Labute approximate surface area is 406 Å². The molecule has 2 heterocycles. The molecule has 0 atom stereocenters. The Kier molecular flexibility index (Phi) is 8.93. The van der Waals surface area contributed by atoms with Gasteiger partial charge in [-0.2, -0.15) is 0 Å². The van der Waals surface area contributed by atoms with Gasteiger partial charge in [0.1, 0.15) is 0 Å². The Morgan fingerprint density at radius 2 is 0.814 bits per heavy atom. The summed E-state index contributed by atoms with van der Waals surface area (Å²) >= 11 is 0. The van der Waals surface area contributed by atoms with Crippen LogP contribution in [0.15, 0.2) is 237 Å². The third-order valence-electron chi connectivity index (χ3n) is 15.0. The smallest absolute Gasteiger partial charge is 0.160 e. The predicted octanol–water partition coefficient (Wildman–Crippen LogP) is 17.7. The normalized spacial score (nSPS) is 12.8. The quantitative estimate of drug-likeness (QED) is 0.156. The average Bonchev–Trinajstić information content (AvgIpc) is 3.88. The minimum absolute atomic E-state index is 0.149. The lowest BCUT2D eigenvalue weighted by molar-refractivity contribution is 0.660. The molecule has 1 aliphatic rings. The van der Waals surface area contributed by atoms with Crippen LogP contribution in [-0.2, 0) is 5.41 Å². The van der Waals surface area contributed by atoms with E-state index in [1.165, 1.54) is 76.5 Å². The zero-order valence-electron chi connectivity index (χ0n) is 38.9. The molecule has 0 aliphatic heterocycles. The maximum atomic E-state index is 5.56.